The Labute approximate surface area is 107 Å². The number of rotatable bonds is 3. The molecule has 0 radical (unpaired) electrons. The first-order valence-corrected chi connectivity index (χ1v) is 6.06. The van der Waals surface area contributed by atoms with Gasteiger partial charge in [0.1, 0.15) is 5.92 Å². The molecule has 0 aliphatic carbocycles. The van der Waals surface area contributed by atoms with Gasteiger partial charge in [-0.1, -0.05) is 56.3 Å². The number of hydrogen-bond donors (Lipinski definition) is 0. The summed E-state index contributed by atoms with van der Waals surface area (Å²) in [6.07, 6.45) is 0. The van der Waals surface area contributed by atoms with Crippen LogP contribution in [0.2, 0.25) is 0 Å². The molecule has 0 N–H and O–H groups in total. The van der Waals surface area contributed by atoms with Crippen molar-refractivity contribution in [3.05, 3.63) is 48.0 Å². The van der Waals surface area contributed by atoms with Gasteiger partial charge < -0.3 is 0 Å². The van der Waals surface area contributed by atoms with Gasteiger partial charge in [0.25, 0.3) is 0 Å². The number of carbonyl (C=O) groups excluding carboxylic acids is 1. The van der Waals surface area contributed by atoms with Gasteiger partial charge in [-0.25, -0.2) is 0 Å². The minimum Gasteiger partial charge on any atom is -0.293 e. The van der Waals surface area contributed by atoms with Gasteiger partial charge in [0.2, 0.25) is 0 Å². The number of hydrogen-bond acceptors (Lipinski definition) is 2. The summed E-state index contributed by atoms with van der Waals surface area (Å²) in [5.41, 5.74) is 0.647. The zero-order valence-corrected chi connectivity index (χ0v) is 10.6. The Kier molecular flexibility index (Phi) is 3.43. The Bertz CT molecular complexity index is 617. The molecule has 1 atom stereocenters. The molecule has 2 aromatic carbocycles. The number of carbonyl (C=O) groups is 1. The summed E-state index contributed by atoms with van der Waals surface area (Å²) in [5.74, 6) is -0.624. The standard InChI is InChI=1S/C16H15NO/c1-11(2)15(10-17)16(18)14-9-5-7-12-6-3-4-8-13(12)14/h3-9,11,15H,1-2H3. The number of Topliss-reactive ketones (excluding diaryl/α,β-unsaturated/α-hetero) is 1. The fourth-order valence-corrected chi connectivity index (χ4v) is 2.12. The summed E-state index contributed by atoms with van der Waals surface area (Å²) >= 11 is 0. The van der Waals surface area contributed by atoms with Crippen molar-refractivity contribution in [1.82, 2.24) is 0 Å². The van der Waals surface area contributed by atoms with Crippen LogP contribution in [-0.4, -0.2) is 5.78 Å². The van der Waals surface area contributed by atoms with Crippen molar-refractivity contribution in [3.63, 3.8) is 0 Å². The minimum atomic E-state index is -0.573. The van der Waals surface area contributed by atoms with Gasteiger partial charge in [-0.2, -0.15) is 5.26 Å². The topological polar surface area (TPSA) is 40.9 Å². The number of nitriles is 1. The molecule has 2 aromatic rings. The fourth-order valence-electron chi connectivity index (χ4n) is 2.12. The monoisotopic (exact) mass is 237 g/mol. The zero-order valence-electron chi connectivity index (χ0n) is 10.6. The van der Waals surface area contributed by atoms with Crippen molar-refractivity contribution in [3.8, 4) is 6.07 Å². The van der Waals surface area contributed by atoms with Crippen LogP contribution in [0, 0.1) is 23.2 Å². The summed E-state index contributed by atoms with van der Waals surface area (Å²) < 4.78 is 0. The van der Waals surface area contributed by atoms with Gasteiger partial charge in [-0.05, 0) is 16.7 Å². The Hall–Kier alpha value is -2.14. The maximum Gasteiger partial charge on any atom is 0.180 e. The average molecular weight is 237 g/mol. The third-order valence-corrected chi connectivity index (χ3v) is 3.14. The van der Waals surface area contributed by atoms with E-state index in [0.29, 0.717) is 5.56 Å². The SMILES string of the molecule is CC(C)C(C#N)C(=O)c1cccc2ccccc12. The number of nitrogens with zero attached hydrogens (tertiary/aromatic N) is 1. The van der Waals surface area contributed by atoms with Gasteiger partial charge in [0.05, 0.1) is 6.07 Å². The zero-order chi connectivity index (χ0) is 13.1. The van der Waals surface area contributed by atoms with Gasteiger partial charge >= 0.3 is 0 Å². The van der Waals surface area contributed by atoms with Crippen LogP contribution in [0.25, 0.3) is 10.8 Å². The average Bonchev–Trinajstić information content (AvgIpc) is 2.38. The van der Waals surface area contributed by atoms with Crippen LogP contribution in [0.1, 0.15) is 24.2 Å². The predicted molar refractivity (Wildman–Crippen MR) is 72.2 cm³/mol. The van der Waals surface area contributed by atoms with Gasteiger partial charge in [0.15, 0.2) is 5.78 Å². The molecular formula is C16H15NO. The van der Waals surface area contributed by atoms with Crippen molar-refractivity contribution in [2.24, 2.45) is 11.8 Å². The second-order valence-corrected chi connectivity index (χ2v) is 4.74. The quantitative estimate of drug-likeness (QED) is 0.761. The molecule has 0 heterocycles. The van der Waals surface area contributed by atoms with E-state index >= 15 is 0 Å². The van der Waals surface area contributed by atoms with Crippen LogP contribution in [0.5, 0.6) is 0 Å². The molecule has 18 heavy (non-hydrogen) atoms. The van der Waals surface area contributed by atoms with Crippen LogP contribution in [-0.2, 0) is 0 Å². The van der Waals surface area contributed by atoms with E-state index in [1.807, 2.05) is 50.2 Å². The van der Waals surface area contributed by atoms with Crippen molar-refractivity contribution in [1.29, 1.82) is 5.26 Å². The van der Waals surface area contributed by atoms with Gasteiger partial charge in [-0.3, -0.25) is 4.79 Å². The van der Waals surface area contributed by atoms with E-state index in [1.54, 1.807) is 6.07 Å². The molecule has 2 heteroatoms. The molecule has 0 saturated carbocycles. The van der Waals surface area contributed by atoms with Crippen LogP contribution >= 0.6 is 0 Å². The Morgan fingerprint density at radius 2 is 1.78 bits per heavy atom. The van der Waals surface area contributed by atoms with E-state index < -0.39 is 5.92 Å². The molecule has 0 spiro atoms. The van der Waals surface area contributed by atoms with Gasteiger partial charge in [-0.15, -0.1) is 0 Å². The second kappa shape index (κ2) is 5.01. The lowest BCUT2D eigenvalue weighted by atomic mass is 9.87. The van der Waals surface area contributed by atoms with E-state index in [9.17, 15) is 4.79 Å². The summed E-state index contributed by atoms with van der Waals surface area (Å²) in [7, 11) is 0. The number of benzene rings is 2. The highest BCUT2D eigenvalue weighted by atomic mass is 16.1. The molecule has 0 saturated heterocycles. The van der Waals surface area contributed by atoms with Crippen LogP contribution in [0.15, 0.2) is 42.5 Å². The molecule has 2 nitrogen and oxygen atoms in total. The normalized spacial score (nSPS) is 12.3. The maximum absolute atomic E-state index is 12.4. The first kappa shape index (κ1) is 12.3. The third kappa shape index (κ3) is 2.12. The maximum atomic E-state index is 12.4. The first-order valence-electron chi connectivity index (χ1n) is 6.06. The molecule has 1 unspecified atom stereocenters. The van der Waals surface area contributed by atoms with E-state index in [2.05, 4.69) is 6.07 Å². The smallest absolute Gasteiger partial charge is 0.180 e. The van der Waals surface area contributed by atoms with E-state index in [0.717, 1.165) is 10.8 Å². The van der Waals surface area contributed by atoms with E-state index in [-0.39, 0.29) is 11.7 Å². The highest BCUT2D eigenvalue weighted by molar-refractivity contribution is 6.10. The number of fused-ring (bicyclic) bond motifs is 1. The van der Waals surface area contributed by atoms with Crippen LogP contribution in [0.4, 0.5) is 0 Å². The molecule has 0 bridgehead atoms. The Morgan fingerprint density at radius 3 is 2.44 bits per heavy atom. The largest absolute Gasteiger partial charge is 0.293 e. The molecule has 0 aromatic heterocycles. The summed E-state index contributed by atoms with van der Waals surface area (Å²) in [5, 5.41) is 11.1. The molecule has 0 aliphatic rings. The van der Waals surface area contributed by atoms with Crippen molar-refractivity contribution < 1.29 is 4.79 Å². The third-order valence-electron chi connectivity index (χ3n) is 3.14. The van der Waals surface area contributed by atoms with E-state index in [1.165, 1.54) is 0 Å². The highest BCUT2D eigenvalue weighted by Gasteiger charge is 2.24. The first-order chi connectivity index (χ1) is 8.65. The summed E-state index contributed by atoms with van der Waals surface area (Å²) in [6, 6.07) is 15.5. The Morgan fingerprint density at radius 1 is 1.11 bits per heavy atom. The lowest BCUT2D eigenvalue weighted by Gasteiger charge is -2.13. The molecular weight excluding hydrogens is 222 g/mol. The molecule has 0 fully saturated rings. The molecule has 0 aliphatic heterocycles. The minimum absolute atomic E-state index is 0.0291. The van der Waals surface area contributed by atoms with Crippen LogP contribution < -0.4 is 0 Å². The highest BCUT2D eigenvalue weighted by Crippen LogP contribution is 2.23. The summed E-state index contributed by atoms with van der Waals surface area (Å²) in [6.45, 7) is 3.80. The number of ketones is 1. The van der Waals surface area contributed by atoms with Gasteiger partial charge in [0, 0.05) is 5.56 Å². The van der Waals surface area contributed by atoms with Crippen molar-refractivity contribution in [2.45, 2.75) is 13.8 Å². The van der Waals surface area contributed by atoms with Crippen molar-refractivity contribution >= 4 is 16.6 Å². The van der Waals surface area contributed by atoms with E-state index in [4.69, 9.17) is 5.26 Å². The lowest BCUT2D eigenvalue weighted by Crippen LogP contribution is -2.18. The van der Waals surface area contributed by atoms with Crippen molar-refractivity contribution in [2.75, 3.05) is 0 Å². The molecule has 0 amide bonds. The second-order valence-electron chi connectivity index (χ2n) is 4.74. The fraction of sp³-hybridized carbons (Fsp3) is 0.250. The molecule has 2 rings (SSSR count). The lowest BCUT2D eigenvalue weighted by molar-refractivity contribution is 0.0926. The predicted octanol–water partition coefficient (Wildman–Crippen LogP) is 3.82. The molecule has 90 valence electrons. The Balaban J connectivity index is 2.55. The van der Waals surface area contributed by atoms with Crippen LogP contribution in [0.3, 0.4) is 0 Å². The summed E-state index contributed by atoms with van der Waals surface area (Å²) in [4.78, 5) is 12.4.